The van der Waals surface area contributed by atoms with Crippen molar-refractivity contribution in [2.75, 3.05) is 0 Å². The summed E-state index contributed by atoms with van der Waals surface area (Å²) < 4.78 is 0. The second-order valence-electron chi connectivity index (χ2n) is 3.53. The highest BCUT2D eigenvalue weighted by molar-refractivity contribution is 9.09. The Labute approximate surface area is 91.6 Å². The van der Waals surface area contributed by atoms with Gasteiger partial charge in [-0.2, -0.15) is 0 Å². The number of hydrogen-bond acceptors (Lipinski definition) is 1. The van der Waals surface area contributed by atoms with Gasteiger partial charge in [0.25, 0.3) is 0 Å². The number of alkyl halides is 1. The lowest BCUT2D eigenvalue weighted by atomic mass is 10.1. The average molecular weight is 261 g/mol. The topological polar surface area (TPSA) is 12.9 Å². The summed E-state index contributed by atoms with van der Waals surface area (Å²) >= 11 is 9.44. The van der Waals surface area contributed by atoms with Gasteiger partial charge in [0.2, 0.25) is 0 Å². The molecule has 1 saturated carbocycles. The quantitative estimate of drug-likeness (QED) is 0.759. The lowest BCUT2D eigenvalue weighted by Crippen LogP contribution is -2.06. The van der Waals surface area contributed by atoms with Crippen molar-refractivity contribution in [2.45, 2.75) is 24.1 Å². The molecule has 0 N–H and O–H groups in total. The molecule has 0 radical (unpaired) electrons. The summed E-state index contributed by atoms with van der Waals surface area (Å²) in [5.41, 5.74) is 1.12. The number of aromatic nitrogens is 1. The molecule has 0 spiro atoms. The molecular weight excluding hydrogens is 249 g/mol. The molecule has 1 unspecified atom stereocenters. The molecule has 1 aliphatic carbocycles. The molecule has 1 aromatic rings. The van der Waals surface area contributed by atoms with Gasteiger partial charge in [-0.3, -0.25) is 4.98 Å². The van der Waals surface area contributed by atoms with E-state index in [1.165, 1.54) is 12.8 Å². The fraction of sp³-hybridized carbons (Fsp3) is 0.500. The van der Waals surface area contributed by atoms with Crippen LogP contribution in [0.25, 0.3) is 0 Å². The Morgan fingerprint density at radius 2 is 2.31 bits per heavy atom. The second kappa shape index (κ2) is 3.97. The van der Waals surface area contributed by atoms with Crippen LogP contribution >= 0.6 is 27.5 Å². The third kappa shape index (κ3) is 2.68. The van der Waals surface area contributed by atoms with Crippen LogP contribution in [-0.2, 0) is 6.42 Å². The van der Waals surface area contributed by atoms with E-state index >= 15 is 0 Å². The number of pyridine rings is 1. The van der Waals surface area contributed by atoms with Crippen molar-refractivity contribution in [1.82, 2.24) is 4.98 Å². The van der Waals surface area contributed by atoms with E-state index in [1.54, 1.807) is 6.20 Å². The molecule has 1 atom stereocenters. The standard InChI is InChI=1S/C10H11BrClN/c11-10(7-1-2-7)5-9-4-3-8(12)6-13-9/h3-4,6-7,10H,1-2,5H2. The van der Waals surface area contributed by atoms with Crippen LogP contribution in [0.5, 0.6) is 0 Å². The SMILES string of the molecule is Clc1ccc(CC(Br)C2CC2)nc1. The minimum absolute atomic E-state index is 0.598. The highest BCUT2D eigenvalue weighted by Gasteiger charge is 2.29. The molecule has 2 rings (SSSR count). The van der Waals surface area contributed by atoms with Crippen molar-refractivity contribution in [3.05, 3.63) is 29.0 Å². The Morgan fingerprint density at radius 3 is 2.85 bits per heavy atom. The predicted octanol–water partition coefficient (Wildman–Crippen LogP) is 3.45. The van der Waals surface area contributed by atoms with Crippen molar-refractivity contribution >= 4 is 27.5 Å². The molecule has 3 heteroatoms. The Bertz CT molecular complexity index is 281. The van der Waals surface area contributed by atoms with Gasteiger partial charge in [0, 0.05) is 23.1 Å². The van der Waals surface area contributed by atoms with E-state index in [2.05, 4.69) is 20.9 Å². The maximum atomic E-state index is 5.75. The molecule has 1 heterocycles. The molecule has 0 bridgehead atoms. The van der Waals surface area contributed by atoms with Gasteiger partial charge in [0.15, 0.2) is 0 Å². The lowest BCUT2D eigenvalue weighted by molar-refractivity contribution is 0.746. The fourth-order valence-corrected chi connectivity index (χ4v) is 2.32. The molecule has 1 aliphatic rings. The first-order chi connectivity index (χ1) is 6.25. The molecule has 1 nitrogen and oxygen atoms in total. The van der Waals surface area contributed by atoms with Gasteiger partial charge in [-0.15, -0.1) is 0 Å². The molecule has 70 valence electrons. The van der Waals surface area contributed by atoms with Crippen LogP contribution in [0.1, 0.15) is 18.5 Å². The van der Waals surface area contributed by atoms with Gasteiger partial charge in [0.05, 0.1) is 5.02 Å². The van der Waals surface area contributed by atoms with E-state index in [4.69, 9.17) is 11.6 Å². The first-order valence-electron chi connectivity index (χ1n) is 4.50. The first kappa shape index (κ1) is 9.47. The minimum atomic E-state index is 0.598. The van der Waals surface area contributed by atoms with Crippen LogP contribution in [0.15, 0.2) is 18.3 Å². The number of nitrogens with zero attached hydrogens (tertiary/aromatic N) is 1. The Balaban J connectivity index is 1.96. The number of rotatable bonds is 3. The van der Waals surface area contributed by atoms with Crippen LogP contribution in [0.4, 0.5) is 0 Å². The zero-order valence-corrected chi connectivity index (χ0v) is 9.55. The van der Waals surface area contributed by atoms with Crippen LogP contribution in [0.2, 0.25) is 5.02 Å². The lowest BCUT2D eigenvalue weighted by Gasteiger charge is -2.06. The van der Waals surface area contributed by atoms with Gasteiger partial charge in [-0.05, 0) is 30.9 Å². The molecular formula is C10H11BrClN. The summed E-state index contributed by atoms with van der Waals surface area (Å²) in [7, 11) is 0. The summed E-state index contributed by atoms with van der Waals surface area (Å²) in [5.74, 6) is 0.873. The molecule has 0 aromatic carbocycles. The van der Waals surface area contributed by atoms with E-state index in [0.717, 1.165) is 18.0 Å². The van der Waals surface area contributed by atoms with Crippen LogP contribution < -0.4 is 0 Å². The van der Waals surface area contributed by atoms with Crippen LogP contribution in [0.3, 0.4) is 0 Å². The van der Waals surface area contributed by atoms with Crippen molar-refractivity contribution in [3.8, 4) is 0 Å². The van der Waals surface area contributed by atoms with E-state index in [9.17, 15) is 0 Å². The molecule has 0 aliphatic heterocycles. The number of hydrogen-bond donors (Lipinski definition) is 0. The summed E-state index contributed by atoms with van der Waals surface area (Å²) in [6.07, 6.45) is 5.46. The van der Waals surface area contributed by atoms with Gasteiger partial charge in [-0.1, -0.05) is 27.5 Å². The van der Waals surface area contributed by atoms with Crippen LogP contribution in [0, 0.1) is 5.92 Å². The van der Waals surface area contributed by atoms with Crippen molar-refractivity contribution in [1.29, 1.82) is 0 Å². The minimum Gasteiger partial charge on any atom is -0.260 e. The van der Waals surface area contributed by atoms with Crippen LogP contribution in [-0.4, -0.2) is 9.81 Å². The zero-order valence-electron chi connectivity index (χ0n) is 7.21. The van der Waals surface area contributed by atoms with Gasteiger partial charge in [0.1, 0.15) is 0 Å². The summed E-state index contributed by atoms with van der Waals surface area (Å²) in [6.45, 7) is 0. The predicted molar refractivity (Wildman–Crippen MR) is 58.4 cm³/mol. The van der Waals surface area contributed by atoms with E-state index in [0.29, 0.717) is 9.85 Å². The normalized spacial score (nSPS) is 18.6. The van der Waals surface area contributed by atoms with E-state index < -0.39 is 0 Å². The summed E-state index contributed by atoms with van der Waals surface area (Å²) in [4.78, 5) is 4.86. The summed E-state index contributed by atoms with van der Waals surface area (Å²) in [5, 5.41) is 0.710. The molecule has 1 aromatic heterocycles. The van der Waals surface area contributed by atoms with E-state index in [-0.39, 0.29) is 0 Å². The smallest absolute Gasteiger partial charge is 0.0589 e. The maximum absolute atomic E-state index is 5.75. The molecule has 0 amide bonds. The third-order valence-corrected chi connectivity index (χ3v) is 3.62. The molecule has 13 heavy (non-hydrogen) atoms. The largest absolute Gasteiger partial charge is 0.260 e. The maximum Gasteiger partial charge on any atom is 0.0589 e. The van der Waals surface area contributed by atoms with Crippen molar-refractivity contribution in [3.63, 3.8) is 0 Å². The molecule has 0 saturated heterocycles. The van der Waals surface area contributed by atoms with Crippen molar-refractivity contribution in [2.24, 2.45) is 5.92 Å². The fourth-order valence-electron chi connectivity index (χ4n) is 1.35. The second-order valence-corrected chi connectivity index (χ2v) is 5.14. The van der Waals surface area contributed by atoms with Gasteiger partial charge >= 0.3 is 0 Å². The average Bonchev–Trinajstić information content (AvgIpc) is 2.91. The number of halogens is 2. The monoisotopic (exact) mass is 259 g/mol. The summed E-state index contributed by atoms with van der Waals surface area (Å²) in [6, 6.07) is 3.90. The Kier molecular flexibility index (Phi) is 2.89. The third-order valence-electron chi connectivity index (χ3n) is 2.33. The highest BCUT2D eigenvalue weighted by Crippen LogP contribution is 2.37. The zero-order chi connectivity index (χ0) is 9.26. The Hall–Kier alpha value is -0.0800. The van der Waals surface area contributed by atoms with E-state index in [1.807, 2.05) is 12.1 Å². The van der Waals surface area contributed by atoms with Gasteiger partial charge in [-0.25, -0.2) is 0 Å². The highest BCUT2D eigenvalue weighted by atomic mass is 79.9. The van der Waals surface area contributed by atoms with Gasteiger partial charge < -0.3 is 0 Å². The van der Waals surface area contributed by atoms with Crippen molar-refractivity contribution < 1.29 is 0 Å². The Morgan fingerprint density at radius 1 is 1.54 bits per heavy atom. The molecule has 1 fully saturated rings. The first-order valence-corrected chi connectivity index (χ1v) is 5.79.